The molecule has 5 heterocycles. The summed E-state index contributed by atoms with van der Waals surface area (Å²) in [5, 5.41) is 37.3. The Morgan fingerprint density at radius 1 is 1.18 bits per heavy atom. The third kappa shape index (κ3) is 6.73. The number of piperidine rings is 1. The standard InChI is InChI=1S/C29H39N11O5/c1-2-40-35-26(34-36-40)23-22(43)24(44-19-42)28(45-23)39-17-31-21-25(30-12-16-37-13-7-4-8-14-37)32-29(33-27(21)39)38(18-41)15-11-20-9-5-3-6-10-20/h3,5-6,9-10,17,19,22-24,28,41,43H,2,4,7-8,11-16,18H2,1H3,(H,30,32,33)/t22-,23+,24-,28-/m1/s1. The van der Waals surface area contributed by atoms with Gasteiger partial charge in [-0.3, -0.25) is 9.36 Å². The van der Waals surface area contributed by atoms with Crippen molar-refractivity contribution in [3.8, 4) is 0 Å². The minimum absolute atomic E-state index is 0.165. The van der Waals surface area contributed by atoms with E-state index in [-0.39, 0.29) is 19.0 Å². The molecule has 0 spiro atoms. The average molecular weight is 622 g/mol. The molecule has 6 rings (SSSR count). The van der Waals surface area contributed by atoms with Gasteiger partial charge in [0.25, 0.3) is 6.47 Å². The molecule has 2 fully saturated rings. The maximum Gasteiger partial charge on any atom is 0.293 e. The monoisotopic (exact) mass is 621 g/mol. The second kappa shape index (κ2) is 14.2. The van der Waals surface area contributed by atoms with Gasteiger partial charge in [0.1, 0.15) is 12.8 Å². The van der Waals surface area contributed by atoms with E-state index in [2.05, 4.69) is 30.6 Å². The van der Waals surface area contributed by atoms with Crippen LogP contribution in [0, 0.1) is 0 Å². The van der Waals surface area contributed by atoms with E-state index in [9.17, 15) is 15.0 Å². The van der Waals surface area contributed by atoms with Gasteiger partial charge < -0.3 is 34.8 Å². The van der Waals surface area contributed by atoms with Gasteiger partial charge in [0.15, 0.2) is 35.4 Å². The number of tetrazole rings is 1. The quantitative estimate of drug-likeness (QED) is 0.133. The lowest BCUT2D eigenvalue weighted by atomic mass is 10.1. The molecule has 16 nitrogen and oxygen atoms in total. The minimum Gasteiger partial charge on any atom is -0.457 e. The van der Waals surface area contributed by atoms with Crippen LogP contribution in [-0.4, -0.2) is 113 Å². The number of imidazole rings is 1. The Hall–Kier alpha value is -4.25. The normalized spacial score (nSPS) is 22.1. The van der Waals surface area contributed by atoms with E-state index in [0.717, 1.165) is 25.2 Å². The molecule has 3 aromatic heterocycles. The van der Waals surface area contributed by atoms with Gasteiger partial charge in [-0.2, -0.15) is 14.8 Å². The van der Waals surface area contributed by atoms with Gasteiger partial charge in [-0.1, -0.05) is 36.8 Å². The Labute approximate surface area is 260 Å². The van der Waals surface area contributed by atoms with E-state index in [0.29, 0.717) is 49.0 Å². The predicted molar refractivity (Wildman–Crippen MR) is 162 cm³/mol. The minimum atomic E-state index is -1.28. The number of hydrogen-bond acceptors (Lipinski definition) is 14. The van der Waals surface area contributed by atoms with Crippen molar-refractivity contribution < 1.29 is 24.5 Å². The van der Waals surface area contributed by atoms with Crippen LogP contribution < -0.4 is 10.2 Å². The molecule has 16 heteroatoms. The molecule has 0 radical (unpaired) electrons. The highest BCUT2D eigenvalue weighted by atomic mass is 16.6. The van der Waals surface area contributed by atoms with Crippen LogP contribution in [0.15, 0.2) is 36.7 Å². The third-order valence-electron chi connectivity index (χ3n) is 8.25. The summed E-state index contributed by atoms with van der Waals surface area (Å²) in [6.07, 6.45) is 1.42. The van der Waals surface area contributed by atoms with Crippen LogP contribution in [0.5, 0.6) is 0 Å². The fraction of sp³-hybridized carbons (Fsp3) is 0.552. The number of nitrogens with zero attached hydrogens (tertiary/aromatic N) is 10. The third-order valence-corrected chi connectivity index (χ3v) is 8.25. The first-order valence-corrected chi connectivity index (χ1v) is 15.4. The van der Waals surface area contributed by atoms with Crippen LogP contribution in [0.4, 0.5) is 11.8 Å². The maximum absolute atomic E-state index is 11.5. The summed E-state index contributed by atoms with van der Waals surface area (Å²) in [4.78, 5) is 31.2. The molecule has 3 N–H and O–H groups in total. The number of aromatic nitrogens is 8. The van der Waals surface area contributed by atoms with Crippen molar-refractivity contribution in [2.75, 3.05) is 49.7 Å². The molecule has 2 saturated heterocycles. The summed E-state index contributed by atoms with van der Waals surface area (Å²) >= 11 is 0. The van der Waals surface area contributed by atoms with Crippen molar-refractivity contribution in [1.82, 2.24) is 44.6 Å². The number of ether oxygens (including phenoxy) is 2. The average Bonchev–Trinajstić information content (AvgIpc) is 3.80. The molecule has 0 bridgehead atoms. The zero-order valence-electron chi connectivity index (χ0n) is 25.2. The largest absolute Gasteiger partial charge is 0.457 e. The van der Waals surface area contributed by atoms with Crippen LogP contribution >= 0.6 is 0 Å². The highest BCUT2D eigenvalue weighted by molar-refractivity contribution is 5.84. The molecule has 0 amide bonds. The SMILES string of the molecule is CCn1nnc([C@H]2O[C@@H](n3cnc4c(NCCN5CCCCC5)nc(N(CO)CCc5ccccc5)nc43)[C@H](OC=O)[C@@H]2O)n1. The molecule has 45 heavy (non-hydrogen) atoms. The number of aliphatic hydroxyl groups is 2. The predicted octanol–water partition coefficient (Wildman–Crippen LogP) is 0.902. The highest BCUT2D eigenvalue weighted by Crippen LogP contribution is 2.40. The zero-order valence-corrected chi connectivity index (χ0v) is 25.2. The number of carbonyl (C=O) groups excluding carboxylic acids is 1. The molecule has 0 unspecified atom stereocenters. The summed E-state index contributed by atoms with van der Waals surface area (Å²) in [5.74, 6) is 0.955. The first kappa shape index (κ1) is 30.8. The van der Waals surface area contributed by atoms with E-state index in [4.69, 9.17) is 19.4 Å². The summed E-state index contributed by atoms with van der Waals surface area (Å²) in [7, 11) is 0. The van der Waals surface area contributed by atoms with E-state index < -0.39 is 24.5 Å². The first-order chi connectivity index (χ1) is 22.1. The van der Waals surface area contributed by atoms with Gasteiger partial charge in [0.05, 0.1) is 12.9 Å². The number of anilines is 2. The summed E-state index contributed by atoms with van der Waals surface area (Å²) < 4.78 is 13.2. The second-order valence-electron chi connectivity index (χ2n) is 11.1. The molecule has 2 aliphatic heterocycles. The summed E-state index contributed by atoms with van der Waals surface area (Å²) in [6, 6.07) is 9.97. The number of aryl methyl sites for hydroxylation is 1. The van der Waals surface area contributed by atoms with Crippen molar-refractivity contribution >= 4 is 29.4 Å². The van der Waals surface area contributed by atoms with Gasteiger partial charge in [-0.15, -0.1) is 10.2 Å². The molecule has 1 aromatic carbocycles. The molecular weight excluding hydrogens is 582 g/mol. The van der Waals surface area contributed by atoms with Crippen LogP contribution in [0.25, 0.3) is 11.2 Å². The highest BCUT2D eigenvalue weighted by Gasteiger charge is 2.49. The maximum atomic E-state index is 11.5. The van der Waals surface area contributed by atoms with E-state index in [1.165, 1.54) is 30.4 Å². The van der Waals surface area contributed by atoms with Gasteiger partial charge in [-0.25, -0.2) is 4.98 Å². The van der Waals surface area contributed by atoms with Crippen molar-refractivity contribution in [1.29, 1.82) is 0 Å². The molecule has 0 saturated carbocycles. The van der Waals surface area contributed by atoms with Crippen molar-refractivity contribution in [3.05, 3.63) is 48.0 Å². The number of aliphatic hydroxyl groups excluding tert-OH is 2. The molecule has 240 valence electrons. The van der Waals surface area contributed by atoms with E-state index >= 15 is 0 Å². The van der Waals surface area contributed by atoms with E-state index in [1.807, 2.05) is 37.3 Å². The Morgan fingerprint density at radius 3 is 2.73 bits per heavy atom. The molecule has 2 aliphatic rings. The first-order valence-electron chi connectivity index (χ1n) is 15.4. The smallest absolute Gasteiger partial charge is 0.293 e. The number of benzene rings is 1. The topological polar surface area (TPSA) is 182 Å². The summed E-state index contributed by atoms with van der Waals surface area (Å²) in [6.45, 7) is 6.39. The van der Waals surface area contributed by atoms with Crippen molar-refractivity contribution in [2.45, 2.75) is 63.7 Å². The number of nitrogens with one attached hydrogen (secondary N) is 1. The van der Waals surface area contributed by atoms with Crippen molar-refractivity contribution in [2.24, 2.45) is 0 Å². The number of carbonyl (C=O) groups is 1. The van der Waals surface area contributed by atoms with E-state index in [1.54, 1.807) is 9.47 Å². The second-order valence-corrected chi connectivity index (χ2v) is 11.1. The van der Waals surface area contributed by atoms with Crippen LogP contribution in [0.2, 0.25) is 0 Å². The van der Waals surface area contributed by atoms with Gasteiger partial charge >= 0.3 is 0 Å². The fourth-order valence-corrected chi connectivity index (χ4v) is 5.82. The lowest BCUT2D eigenvalue weighted by molar-refractivity contribution is -0.142. The molecule has 0 aliphatic carbocycles. The number of fused-ring (bicyclic) bond motifs is 1. The Morgan fingerprint density at radius 2 is 2.00 bits per heavy atom. The molecular formula is C29H39N11O5. The van der Waals surface area contributed by atoms with Crippen LogP contribution in [0.3, 0.4) is 0 Å². The molecule has 4 aromatic rings. The number of hydrogen-bond donors (Lipinski definition) is 3. The van der Waals surface area contributed by atoms with Crippen LogP contribution in [-0.2, 0) is 27.2 Å². The van der Waals surface area contributed by atoms with Gasteiger partial charge in [0.2, 0.25) is 11.8 Å². The van der Waals surface area contributed by atoms with Gasteiger partial charge in [-0.05, 0) is 50.1 Å². The number of likely N-dealkylation sites (tertiary alicyclic amines) is 1. The van der Waals surface area contributed by atoms with Gasteiger partial charge in [0, 0.05) is 19.6 Å². The lowest BCUT2D eigenvalue weighted by Gasteiger charge is -2.26. The lowest BCUT2D eigenvalue weighted by Crippen LogP contribution is -2.34. The van der Waals surface area contributed by atoms with Crippen molar-refractivity contribution in [3.63, 3.8) is 0 Å². The Balaban J connectivity index is 1.33. The zero-order chi connectivity index (χ0) is 31.2. The van der Waals surface area contributed by atoms with Crippen LogP contribution in [0.1, 0.15) is 49.9 Å². The fourth-order valence-electron chi connectivity index (χ4n) is 5.82. The Kier molecular flexibility index (Phi) is 9.73. The Bertz CT molecular complexity index is 1540. The number of rotatable bonds is 14. The summed E-state index contributed by atoms with van der Waals surface area (Å²) in [5.41, 5.74) is 1.96. The molecule has 4 atom stereocenters.